The second-order valence-electron chi connectivity index (χ2n) is 8.62. The molecule has 2 unspecified atom stereocenters. The van der Waals surface area contributed by atoms with Crippen LogP contribution in [-0.2, 0) is 35.1 Å². The summed E-state index contributed by atoms with van der Waals surface area (Å²) < 4.78 is 4.69. The molecule has 1 aromatic carbocycles. The molecule has 36 heavy (non-hydrogen) atoms. The van der Waals surface area contributed by atoms with Crippen molar-refractivity contribution in [2.45, 2.75) is 77.0 Å². The van der Waals surface area contributed by atoms with Crippen LogP contribution in [0.5, 0.6) is 0 Å². The van der Waals surface area contributed by atoms with Gasteiger partial charge in [-0.05, 0) is 31.7 Å². The molecule has 0 fully saturated rings. The molecule has 200 valence electrons. The van der Waals surface area contributed by atoms with Crippen molar-refractivity contribution >= 4 is 29.6 Å². The van der Waals surface area contributed by atoms with Gasteiger partial charge in [0.15, 0.2) is 0 Å². The Labute approximate surface area is 211 Å². The molecule has 0 aliphatic carbocycles. The minimum absolute atomic E-state index is 0.263. The Hall–Kier alpha value is -3.47. The SMILES string of the molecule is COC(=O)C(CCCCC(NC(C)=O)C(=O)N[C@H](C)C(=O)N[C@@H](CO)Cc1ccccc1)NC(C)=O. The highest BCUT2D eigenvalue weighted by Gasteiger charge is 2.25. The van der Waals surface area contributed by atoms with E-state index in [0.717, 1.165) is 5.56 Å². The first kappa shape index (κ1) is 30.6. The molecule has 5 N–H and O–H groups in total. The van der Waals surface area contributed by atoms with Crippen LogP contribution in [-0.4, -0.2) is 72.6 Å². The Bertz CT molecular complexity index is 878. The van der Waals surface area contributed by atoms with E-state index >= 15 is 0 Å². The average Bonchev–Trinajstić information content (AvgIpc) is 2.84. The lowest BCUT2D eigenvalue weighted by Gasteiger charge is -2.23. The normalized spacial score (nSPS) is 13.9. The lowest BCUT2D eigenvalue weighted by molar-refractivity contribution is -0.145. The molecule has 0 aromatic heterocycles. The largest absolute Gasteiger partial charge is 0.467 e. The highest BCUT2D eigenvalue weighted by molar-refractivity contribution is 5.91. The number of benzene rings is 1. The van der Waals surface area contributed by atoms with E-state index in [2.05, 4.69) is 26.0 Å². The van der Waals surface area contributed by atoms with Crippen LogP contribution < -0.4 is 21.3 Å². The number of carbonyl (C=O) groups excluding carboxylic acids is 5. The van der Waals surface area contributed by atoms with E-state index in [1.807, 2.05) is 30.3 Å². The standard InChI is InChI=1S/C25H38N4O7/c1-16(23(33)29-20(15-30)14-19-10-6-5-7-11-19)26-24(34)21(27-17(2)31)12-8-9-13-22(25(35)36-4)28-18(3)32/h5-7,10-11,16,20-22,30H,8-9,12-15H2,1-4H3,(H,26,34)(H,27,31)(H,28,32)(H,29,33)/t16-,20-,21?,22?/m1/s1. The van der Waals surface area contributed by atoms with Crippen molar-refractivity contribution in [1.82, 2.24) is 21.3 Å². The van der Waals surface area contributed by atoms with E-state index in [1.54, 1.807) is 0 Å². The molecular formula is C25H38N4O7. The summed E-state index contributed by atoms with van der Waals surface area (Å²) >= 11 is 0. The summed E-state index contributed by atoms with van der Waals surface area (Å²) in [4.78, 5) is 60.1. The van der Waals surface area contributed by atoms with E-state index < -0.39 is 47.9 Å². The third-order valence-corrected chi connectivity index (χ3v) is 5.44. The summed E-state index contributed by atoms with van der Waals surface area (Å²) in [5.41, 5.74) is 0.951. The second kappa shape index (κ2) is 16.2. The second-order valence-corrected chi connectivity index (χ2v) is 8.62. The van der Waals surface area contributed by atoms with E-state index in [4.69, 9.17) is 0 Å². The van der Waals surface area contributed by atoms with Crippen LogP contribution in [0.2, 0.25) is 0 Å². The molecule has 11 heteroatoms. The Balaban J connectivity index is 2.62. The molecular weight excluding hydrogens is 468 g/mol. The van der Waals surface area contributed by atoms with Crippen molar-refractivity contribution in [1.29, 1.82) is 0 Å². The summed E-state index contributed by atoms with van der Waals surface area (Å²) in [5, 5.41) is 20.1. The Morgan fingerprint density at radius 2 is 1.39 bits per heavy atom. The van der Waals surface area contributed by atoms with Gasteiger partial charge in [0, 0.05) is 13.8 Å². The third-order valence-electron chi connectivity index (χ3n) is 5.44. The maximum Gasteiger partial charge on any atom is 0.328 e. The number of hydrogen-bond acceptors (Lipinski definition) is 7. The highest BCUT2D eigenvalue weighted by atomic mass is 16.5. The lowest BCUT2D eigenvalue weighted by Crippen LogP contribution is -2.54. The lowest BCUT2D eigenvalue weighted by atomic mass is 10.0. The van der Waals surface area contributed by atoms with Crippen molar-refractivity contribution in [3.05, 3.63) is 35.9 Å². The molecule has 0 aliphatic rings. The molecule has 0 aliphatic heterocycles. The zero-order valence-electron chi connectivity index (χ0n) is 21.3. The molecule has 0 radical (unpaired) electrons. The highest BCUT2D eigenvalue weighted by Crippen LogP contribution is 2.09. The van der Waals surface area contributed by atoms with Gasteiger partial charge in [0.1, 0.15) is 18.1 Å². The van der Waals surface area contributed by atoms with Gasteiger partial charge < -0.3 is 31.1 Å². The zero-order valence-corrected chi connectivity index (χ0v) is 21.3. The molecule has 0 heterocycles. The van der Waals surface area contributed by atoms with Gasteiger partial charge in [-0.3, -0.25) is 19.2 Å². The minimum Gasteiger partial charge on any atom is -0.467 e. The van der Waals surface area contributed by atoms with Gasteiger partial charge in [-0.25, -0.2) is 4.79 Å². The predicted octanol–water partition coefficient (Wildman–Crippen LogP) is -0.0463. The van der Waals surface area contributed by atoms with Crippen molar-refractivity contribution in [2.75, 3.05) is 13.7 Å². The van der Waals surface area contributed by atoms with Crippen molar-refractivity contribution in [3.8, 4) is 0 Å². The van der Waals surface area contributed by atoms with Gasteiger partial charge in [0.25, 0.3) is 0 Å². The summed E-state index contributed by atoms with van der Waals surface area (Å²) in [6.45, 7) is 3.84. The van der Waals surface area contributed by atoms with Crippen LogP contribution in [0.3, 0.4) is 0 Å². The first-order valence-corrected chi connectivity index (χ1v) is 11.9. The van der Waals surface area contributed by atoms with Crippen molar-refractivity contribution in [2.24, 2.45) is 0 Å². The van der Waals surface area contributed by atoms with Crippen LogP contribution in [0.4, 0.5) is 0 Å². The maximum absolute atomic E-state index is 12.8. The minimum atomic E-state index is -0.901. The van der Waals surface area contributed by atoms with Gasteiger partial charge in [-0.15, -0.1) is 0 Å². The fourth-order valence-electron chi connectivity index (χ4n) is 3.61. The van der Waals surface area contributed by atoms with E-state index in [-0.39, 0.29) is 18.9 Å². The molecule has 1 aromatic rings. The molecule has 1 rings (SSSR count). The molecule has 0 bridgehead atoms. The summed E-state index contributed by atoms with van der Waals surface area (Å²) in [6.07, 6.45) is 1.96. The smallest absolute Gasteiger partial charge is 0.328 e. The maximum atomic E-state index is 12.8. The predicted molar refractivity (Wildman–Crippen MR) is 132 cm³/mol. The molecule has 0 spiro atoms. The Kier molecular flexibility index (Phi) is 13.8. The average molecular weight is 507 g/mol. The first-order chi connectivity index (χ1) is 17.1. The monoisotopic (exact) mass is 506 g/mol. The molecule has 4 atom stereocenters. The topological polar surface area (TPSA) is 163 Å². The van der Waals surface area contributed by atoms with Crippen molar-refractivity contribution in [3.63, 3.8) is 0 Å². The van der Waals surface area contributed by atoms with Crippen LogP contribution in [0.15, 0.2) is 30.3 Å². The number of hydrogen-bond donors (Lipinski definition) is 5. The van der Waals surface area contributed by atoms with Crippen LogP contribution in [0, 0.1) is 0 Å². The van der Waals surface area contributed by atoms with Crippen molar-refractivity contribution < 1.29 is 33.8 Å². The van der Waals surface area contributed by atoms with Gasteiger partial charge in [-0.2, -0.15) is 0 Å². The van der Waals surface area contributed by atoms with Gasteiger partial charge in [-0.1, -0.05) is 43.2 Å². The number of esters is 1. The number of carbonyl (C=O) groups is 5. The molecule has 0 saturated heterocycles. The number of ether oxygens (including phenoxy) is 1. The van der Waals surface area contributed by atoms with E-state index in [1.165, 1.54) is 27.9 Å². The molecule has 0 saturated carbocycles. The summed E-state index contributed by atoms with van der Waals surface area (Å²) in [6, 6.07) is 6.30. The van der Waals surface area contributed by atoms with E-state index in [9.17, 15) is 29.1 Å². The number of nitrogens with one attached hydrogen (secondary N) is 4. The van der Waals surface area contributed by atoms with Crippen LogP contribution in [0.25, 0.3) is 0 Å². The molecule has 11 nitrogen and oxygen atoms in total. The van der Waals surface area contributed by atoms with Crippen LogP contribution >= 0.6 is 0 Å². The number of aliphatic hydroxyl groups excluding tert-OH is 1. The number of amides is 4. The van der Waals surface area contributed by atoms with Gasteiger partial charge in [0.2, 0.25) is 23.6 Å². The van der Waals surface area contributed by atoms with Crippen LogP contribution in [0.1, 0.15) is 52.0 Å². The quantitative estimate of drug-likeness (QED) is 0.165. The zero-order chi connectivity index (χ0) is 27.1. The number of aliphatic hydroxyl groups is 1. The third kappa shape index (κ3) is 11.8. The van der Waals surface area contributed by atoms with E-state index in [0.29, 0.717) is 25.7 Å². The fraction of sp³-hybridized carbons (Fsp3) is 0.560. The number of rotatable bonds is 15. The number of methoxy groups -OCH3 is 1. The Morgan fingerprint density at radius 3 is 1.92 bits per heavy atom. The summed E-state index contributed by atoms with van der Waals surface area (Å²) in [7, 11) is 1.23. The molecule has 4 amide bonds. The first-order valence-electron chi connectivity index (χ1n) is 11.9. The Morgan fingerprint density at radius 1 is 0.833 bits per heavy atom. The number of unbranched alkanes of at least 4 members (excludes halogenated alkanes) is 1. The summed E-state index contributed by atoms with van der Waals surface area (Å²) in [5.74, 6) is -2.31. The fourth-order valence-corrected chi connectivity index (χ4v) is 3.61. The van der Waals surface area contributed by atoms with Gasteiger partial charge in [0.05, 0.1) is 19.8 Å². The van der Waals surface area contributed by atoms with Gasteiger partial charge >= 0.3 is 5.97 Å².